The number of nitrogens with one attached hydrogen (secondary N) is 1. The van der Waals surface area contributed by atoms with Crippen molar-refractivity contribution >= 4 is 35.5 Å². The van der Waals surface area contributed by atoms with Crippen LogP contribution in [0.25, 0.3) is 6.08 Å². The number of hydrogen-bond acceptors (Lipinski definition) is 6. The summed E-state index contributed by atoms with van der Waals surface area (Å²) in [7, 11) is 0. The van der Waals surface area contributed by atoms with Crippen molar-refractivity contribution in [1.29, 1.82) is 0 Å². The molecule has 1 amide bonds. The summed E-state index contributed by atoms with van der Waals surface area (Å²) in [6.45, 7) is 7.07. The lowest BCUT2D eigenvalue weighted by Gasteiger charge is -2.31. The second-order valence-corrected chi connectivity index (χ2v) is 8.34. The molecule has 25 heavy (non-hydrogen) atoms. The van der Waals surface area contributed by atoms with Gasteiger partial charge in [0.05, 0.1) is 6.04 Å². The molecule has 0 aliphatic carbocycles. The van der Waals surface area contributed by atoms with Gasteiger partial charge in [0.2, 0.25) is 5.91 Å². The van der Waals surface area contributed by atoms with Crippen LogP contribution < -0.4 is 5.32 Å². The summed E-state index contributed by atoms with van der Waals surface area (Å²) in [5, 5.41) is 2.92. The van der Waals surface area contributed by atoms with E-state index in [-0.39, 0.29) is 17.9 Å². The van der Waals surface area contributed by atoms with Gasteiger partial charge in [-0.1, -0.05) is 0 Å². The maximum absolute atomic E-state index is 12.4. The zero-order valence-corrected chi connectivity index (χ0v) is 15.6. The highest BCUT2D eigenvalue weighted by molar-refractivity contribution is 7.99. The number of fused-ring (bicyclic) bond motifs is 2. The minimum atomic E-state index is -0.515. The highest BCUT2D eigenvalue weighted by atomic mass is 32.2. The molecule has 1 fully saturated rings. The average molecular weight is 361 g/mol. The fourth-order valence-electron chi connectivity index (χ4n) is 2.84. The second kappa shape index (κ2) is 7.17. The predicted molar refractivity (Wildman–Crippen MR) is 99.3 cm³/mol. The number of nitrogens with zero attached hydrogens (tertiary/aromatic N) is 2. The highest BCUT2D eigenvalue weighted by Gasteiger charge is 2.32. The predicted octanol–water partition coefficient (Wildman–Crippen LogP) is 2.31. The number of amides is 1. The van der Waals surface area contributed by atoms with Crippen LogP contribution in [-0.4, -0.2) is 51.5 Å². The molecular formula is C18H23N3O3S. The van der Waals surface area contributed by atoms with Crippen LogP contribution in [0.15, 0.2) is 18.3 Å². The van der Waals surface area contributed by atoms with Crippen molar-refractivity contribution < 1.29 is 14.3 Å². The largest absolute Gasteiger partial charge is 0.457 e. The van der Waals surface area contributed by atoms with Crippen molar-refractivity contribution in [3.8, 4) is 0 Å². The van der Waals surface area contributed by atoms with Crippen LogP contribution in [0.2, 0.25) is 0 Å². The maximum Gasteiger partial charge on any atom is 0.331 e. The zero-order valence-electron chi connectivity index (χ0n) is 14.7. The summed E-state index contributed by atoms with van der Waals surface area (Å²) >= 11 is 1.81. The van der Waals surface area contributed by atoms with Crippen molar-refractivity contribution in [3.05, 3.63) is 29.5 Å². The number of rotatable bonds is 2. The van der Waals surface area contributed by atoms with Crippen LogP contribution in [0.4, 0.5) is 5.82 Å². The third kappa shape index (κ3) is 4.61. The number of carbonyl (C=O) groups is 2. The topological polar surface area (TPSA) is 71.5 Å². The van der Waals surface area contributed by atoms with E-state index in [0.29, 0.717) is 12.4 Å². The van der Waals surface area contributed by atoms with E-state index < -0.39 is 5.60 Å². The quantitative estimate of drug-likeness (QED) is 0.644. The normalized spacial score (nSPS) is 21.2. The second-order valence-electron chi connectivity index (χ2n) is 7.19. The van der Waals surface area contributed by atoms with Crippen molar-refractivity contribution in [3.63, 3.8) is 0 Å². The molecule has 6 nitrogen and oxygen atoms in total. The molecule has 2 aliphatic heterocycles. The molecule has 0 saturated carbocycles. The minimum absolute atomic E-state index is 0.00972. The summed E-state index contributed by atoms with van der Waals surface area (Å²) in [5.41, 5.74) is 1.26. The van der Waals surface area contributed by atoms with Gasteiger partial charge in [0.1, 0.15) is 11.4 Å². The number of hydrogen-bond donors (Lipinski definition) is 1. The van der Waals surface area contributed by atoms with Crippen molar-refractivity contribution in [1.82, 2.24) is 9.88 Å². The molecule has 7 heteroatoms. The Morgan fingerprint density at radius 1 is 1.48 bits per heavy atom. The maximum atomic E-state index is 12.4. The summed E-state index contributed by atoms with van der Waals surface area (Å²) in [6, 6.07) is 1.86. The van der Waals surface area contributed by atoms with Crippen molar-refractivity contribution in [2.75, 3.05) is 23.4 Å². The molecule has 0 aromatic carbocycles. The van der Waals surface area contributed by atoms with Crippen LogP contribution >= 0.6 is 11.8 Å². The Balaban J connectivity index is 1.77. The molecule has 0 spiro atoms. The van der Waals surface area contributed by atoms with Crippen LogP contribution in [0.1, 0.15) is 31.9 Å². The van der Waals surface area contributed by atoms with Gasteiger partial charge in [0, 0.05) is 42.4 Å². The van der Waals surface area contributed by atoms with Gasteiger partial charge in [-0.2, -0.15) is 11.8 Å². The molecule has 1 aromatic heterocycles. The number of carbonyl (C=O) groups excluding carboxylic acids is 2. The van der Waals surface area contributed by atoms with Crippen LogP contribution in [0, 0.1) is 0 Å². The van der Waals surface area contributed by atoms with Gasteiger partial charge in [-0.3, -0.25) is 9.69 Å². The van der Waals surface area contributed by atoms with E-state index in [1.807, 2.05) is 26.8 Å². The van der Waals surface area contributed by atoms with E-state index in [9.17, 15) is 9.59 Å². The molecule has 3 rings (SSSR count). The lowest BCUT2D eigenvalue weighted by molar-refractivity contribution is -0.148. The number of anilines is 1. The number of pyridine rings is 1. The van der Waals surface area contributed by atoms with E-state index in [0.717, 1.165) is 29.2 Å². The Bertz CT molecular complexity index is 712. The van der Waals surface area contributed by atoms with E-state index in [1.165, 1.54) is 6.08 Å². The van der Waals surface area contributed by atoms with E-state index in [2.05, 4.69) is 15.2 Å². The number of aromatic nitrogens is 1. The first-order valence-corrected chi connectivity index (χ1v) is 9.50. The van der Waals surface area contributed by atoms with E-state index in [1.54, 1.807) is 24.0 Å². The molecule has 2 aliphatic rings. The molecule has 1 saturated heterocycles. The fourth-order valence-corrected chi connectivity index (χ4v) is 3.96. The first-order chi connectivity index (χ1) is 11.8. The Morgan fingerprint density at radius 3 is 3.04 bits per heavy atom. The Labute approximate surface area is 152 Å². The van der Waals surface area contributed by atoms with Gasteiger partial charge in [0.15, 0.2) is 0 Å². The van der Waals surface area contributed by atoms with Gasteiger partial charge in [-0.05, 0) is 38.5 Å². The lowest BCUT2D eigenvalue weighted by atomic mass is 10.1. The number of ether oxygens (including phenoxy) is 1. The Kier molecular flexibility index (Phi) is 5.15. The lowest BCUT2D eigenvalue weighted by Crippen LogP contribution is -2.47. The molecule has 1 N–H and O–H groups in total. The molecule has 1 aromatic rings. The Hall–Kier alpha value is -1.86. The number of thioether (sulfide) groups is 1. The third-order valence-corrected chi connectivity index (χ3v) is 4.99. The van der Waals surface area contributed by atoms with Crippen molar-refractivity contribution in [2.45, 2.75) is 39.0 Å². The van der Waals surface area contributed by atoms with Crippen molar-refractivity contribution in [2.24, 2.45) is 0 Å². The zero-order chi connectivity index (χ0) is 18.0. The summed E-state index contributed by atoms with van der Waals surface area (Å²) in [6.07, 6.45) is 4.75. The molecule has 1 atom stereocenters. The minimum Gasteiger partial charge on any atom is -0.457 e. The third-order valence-electron chi connectivity index (χ3n) is 3.96. The summed E-state index contributed by atoms with van der Waals surface area (Å²) in [5.74, 6) is 2.08. The number of esters is 1. The van der Waals surface area contributed by atoms with Gasteiger partial charge < -0.3 is 10.1 Å². The highest BCUT2D eigenvalue weighted by Crippen LogP contribution is 2.27. The first kappa shape index (κ1) is 17.9. The standard InChI is InChI=1S/C18H23N3O3S/c1-18(2,3)24-15(22)5-4-12-8-13-10-21-6-7-25-11-14(21)17(23)20-16(13)19-9-12/h4-5,8-9,14H,6-7,10-11H2,1-3H3,(H,19,20,23). The van der Waals surface area contributed by atoms with Crippen LogP contribution in [0.3, 0.4) is 0 Å². The van der Waals surface area contributed by atoms with Gasteiger partial charge in [-0.15, -0.1) is 0 Å². The fraction of sp³-hybridized carbons (Fsp3) is 0.500. The van der Waals surface area contributed by atoms with Gasteiger partial charge in [0.25, 0.3) is 0 Å². The summed E-state index contributed by atoms with van der Waals surface area (Å²) in [4.78, 5) is 30.7. The summed E-state index contributed by atoms with van der Waals surface area (Å²) < 4.78 is 5.26. The molecule has 3 heterocycles. The SMILES string of the molecule is CC(C)(C)OC(=O)C=Cc1cnc2c(c1)CN1CCSCC1C(=O)N2. The van der Waals surface area contributed by atoms with Crippen LogP contribution in [-0.2, 0) is 20.9 Å². The molecule has 0 radical (unpaired) electrons. The molecule has 1 unspecified atom stereocenters. The van der Waals surface area contributed by atoms with Gasteiger partial charge >= 0.3 is 5.97 Å². The molecule has 134 valence electrons. The van der Waals surface area contributed by atoms with E-state index in [4.69, 9.17) is 4.74 Å². The smallest absolute Gasteiger partial charge is 0.331 e. The Morgan fingerprint density at radius 2 is 2.28 bits per heavy atom. The average Bonchev–Trinajstić information content (AvgIpc) is 2.67. The molecule has 0 bridgehead atoms. The van der Waals surface area contributed by atoms with Crippen LogP contribution in [0.5, 0.6) is 0 Å². The monoisotopic (exact) mass is 361 g/mol. The molecular weight excluding hydrogens is 338 g/mol. The van der Waals surface area contributed by atoms with Gasteiger partial charge in [-0.25, -0.2) is 9.78 Å². The first-order valence-electron chi connectivity index (χ1n) is 8.34. The van der Waals surface area contributed by atoms with E-state index >= 15 is 0 Å².